The van der Waals surface area contributed by atoms with Gasteiger partial charge in [-0.05, 0) is 18.3 Å². The van der Waals surface area contributed by atoms with Crippen LogP contribution in [0.15, 0.2) is 0 Å². The summed E-state index contributed by atoms with van der Waals surface area (Å²) in [7, 11) is 0. The Morgan fingerprint density at radius 3 is 2.09 bits per heavy atom. The van der Waals surface area contributed by atoms with Crippen molar-refractivity contribution >= 4 is 12.6 Å². The van der Waals surface area contributed by atoms with Crippen molar-refractivity contribution in [3.05, 3.63) is 0 Å². The summed E-state index contributed by atoms with van der Waals surface area (Å²) in [6.45, 7) is 6.88. The Morgan fingerprint density at radius 1 is 1.18 bits per heavy atom. The first-order valence-corrected chi connectivity index (χ1v) is 5.19. The zero-order valence-electron chi connectivity index (χ0n) is 7.93. The summed E-state index contributed by atoms with van der Waals surface area (Å²) >= 11 is 4.66. The molecule has 0 heterocycles. The molecule has 0 aromatic carbocycles. The van der Waals surface area contributed by atoms with Gasteiger partial charge in [0, 0.05) is 4.75 Å². The fourth-order valence-electron chi connectivity index (χ4n) is 2.37. The van der Waals surface area contributed by atoms with E-state index in [1.807, 2.05) is 0 Å². The average Bonchev–Trinajstić information content (AvgIpc) is 1.86. The largest absolute Gasteiger partial charge is 0.173 e. The fraction of sp³-hybridized carbons (Fsp3) is 1.00. The third kappa shape index (κ3) is 2.40. The molecular weight excluding hydrogens is 152 g/mol. The van der Waals surface area contributed by atoms with Crippen molar-refractivity contribution in [2.75, 3.05) is 0 Å². The molecule has 0 N–H and O–H groups in total. The van der Waals surface area contributed by atoms with Crippen LogP contribution in [-0.4, -0.2) is 4.75 Å². The fourth-order valence-corrected chi connectivity index (χ4v) is 2.75. The van der Waals surface area contributed by atoms with Crippen molar-refractivity contribution in [2.24, 2.45) is 11.8 Å². The molecule has 0 radical (unpaired) electrons. The van der Waals surface area contributed by atoms with Gasteiger partial charge in [-0.3, -0.25) is 0 Å². The first-order valence-electron chi connectivity index (χ1n) is 4.74. The molecule has 11 heavy (non-hydrogen) atoms. The van der Waals surface area contributed by atoms with Crippen LogP contribution in [0, 0.1) is 11.8 Å². The highest BCUT2D eigenvalue weighted by molar-refractivity contribution is 7.81. The summed E-state index contributed by atoms with van der Waals surface area (Å²) in [5, 5.41) is 0. The van der Waals surface area contributed by atoms with E-state index < -0.39 is 0 Å². The zero-order valence-corrected chi connectivity index (χ0v) is 8.82. The van der Waals surface area contributed by atoms with E-state index in [1.165, 1.54) is 25.7 Å². The van der Waals surface area contributed by atoms with Crippen molar-refractivity contribution in [3.63, 3.8) is 0 Å². The molecular formula is C10H20S. The van der Waals surface area contributed by atoms with Gasteiger partial charge in [-0.2, -0.15) is 12.6 Å². The molecule has 1 rings (SSSR count). The SMILES string of the molecule is CC1CCCC[C@H]1C(C)(C)S. The van der Waals surface area contributed by atoms with Crippen LogP contribution in [0.2, 0.25) is 0 Å². The number of hydrogen-bond donors (Lipinski definition) is 1. The van der Waals surface area contributed by atoms with Crippen LogP contribution in [0.25, 0.3) is 0 Å². The van der Waals surface area contributed by atoms with Gasteiger partial charge in [-0.15, -0.1) is 0 Å². The summed E-state index contributed by atoms with van der Waals surface area (Å²) in [5.41, 5.74) is 0. The molecule has 0 aliphatic heterocycles. The number of thiol groups is 1. The molecule has 0 saturated heterocycles. The normalized spacial score (nSPS) is 33.8. The maximum absolute atomic E-state index is 4.66. The first kappa shape index (κ1) is 9.44. The van der Waals surface area contributed by atoms with Crippen LogP contribution < -0.4 is 0 Å². The second-order valence-electron chi connectivity index (χ2n) is 4.52. The molecule has 1 aliphatic carbocycles. The minimum atomic E-state index is 0.236. The summed E-state index contributed by atoms with van der Waals surface area (Å²) in [4.78, 5) is 0. The van der Waals surface area contributed by atoms with Crippen LogP contribution in [0.1, 0.15) is 46.5 Å². The molecule has 0 aromatic rings. The summed E-state index contributed by atoms with van der Waals surface area (Å²) in [5.74, 6) is 1.72. The first-order chi connectivity index (χ1) is 5.02. The predicted molar refractivity (Wildman–Crippen MR) is 54.2 cm³/mol. The average molecular weight is 172 g/mol. The molecule has 1 heteroatoms. The molecule has 1 aliphatic rings. The minimum Gasteiger partial charge on any atom is -0.173 e. The molecule has 2 atom stereocenters. The van der Waals surface area contributed by atoms with Gasteiger partial charge in [0.05, 0.1) is 0 Å². The Labute approximate surface area is 76.2 Å². The topological polar surface area (TPSA) is 0 Å². The lowest BCUT2D eigenvalue weighted by atomic mass is 9.74. The van der Waals surface area contributed by atoms with Crippen molar-refractivity contribution in [2.45, 2.75) is 51.2 Å². The van der Waals surface area contributed by atoms with Crippen LogP contribution in [0.3, 0.4) is 0 Å². The van der Waals surface area contributed by atoms with Crippen molar-refractivity contribution in [3.8, 4) is 0 Å². The minimum absolute atomic E-state index is 0.236. The van der Waals surface area contributed by atoms with Crippen molar-refractivity contribution in [1.82, 2.24) is 0 Å². The van der Waals surface area contributed by atoms with Crippen LogP contribution in [0.4, 0.5) is 0 Å². The summed E-state index contributed by atoms with van der Waals surface area (Å²) in [6.07, 6.45) is 5.65. The second-order valence-corrected chi connectivity index (χ2v) is 5.67. The van der Waals surface area contributed by atoms with E-state index in [0.29, 0.717) is 0 Å². The third-order valence-corrected chi connectivity index (χ3v) is 3.35. The van der Waals surface area contributed by atoms with E-state index >= 15 is 0 Å². The quantitative estimate of drug-likeness (QED) is 0.575. The lowest BCUT2D eigenvalue weighted by molar-refractivity contribution is 0.216. The molecule has 1 unspecified atom stereocenters. The molecule has 0 bridgehead atoms. The van der Waals surface area contributed by atoms with Crippen molar-refractivity contribution < 1.29 is 0 Å². The standard InChI is InChI=1S/C10H20S/c1-8-6-4-5-7-9(8)10(2,3)11/h8-9,11H,4-7H2,1-3H3/t8?,9-/m1/s1. The molecule has 0 amide bonds. The summed E-state index contributed by atoms with van der Waals surface area (Å²) < 4.78 is 0.236. The maximum Gasteiger partial charge on any atom is 0.0104 e. The van der Waals surface area contributed by atoms with Crippen LogP contribution in [0.5, 0.6) is 0 Å². The van der Waals surface area contributed by atoms with Gasteiger partial charge in [-0.25, -0.2) is 0 Å². The van der Waals surface area contributed by atoms with E-state index in [0.717, 1.165) is 11.8 Å². The van der Waals surface area contributed by atoms with Gasteiger partial charge in [0.15, 0.2) is 0 Å². The Kier molecular flexibility index (Phi) is 2.90. The molecule has 0 spiro atoms. The third-order valence-electron chi connectivity index (χ3n) is 3.02. The zero-order chi connectivity index (χ0) is 8.48. The lowest BCUT2D eigenvalue weighted by Gasteiger charge is -2.38. The highest BCUT2D eigenvalue weighted by Gasteiger charge is 2.31. The van der Waals surface area contributed by atoms with E-state index in [4.69, 9.17) is 0 Å². The second kappa shape index (κ2) is 3.38. The van der Waals surface area contributed by atoms with E-state index in [2.05, 4.69) is 33.4 Å². The maximum atomic E-state index is 4.66. The summed E-state index contributed by atoms with van der Waals surface area (Å²) in [6, 6.07) is 0. The number of rotatable bonds is 1. The highest BCUT2D eigenvalue weighted by Crippen LogP contribution is 2.39. The molecule has 66 valence electrons. The lowest BCUT2D eigenvalue weighted by Crippen LogP contribution is -2.32. The Balaban J connectivity index is 2.55. The molecule has 1 fully saturated rings. The van der Waals surface area contributed by atoms with Crippen LogP contribution >= 0.6 is 12.6 Å². The van der Waals surface area contributed by atoms with Gasteiger partial charge in [0.25, 0.3) is 0 Å². The van der Waals surface area contributed by atoms with Crippen LogP contribution in [-0.2, 0) is 0 Å². The van der Waals surface area contributed by atoms with E-state index in [9.17, 15) is 0 Å². The van der Waals surface area contributed by atoms with Gasteiger partial charge >= 0.3 is 0 Å². The molecule has 0 aromatic heterocycles. The van der Waals surface area contributed by atoms with Gasteiger partial charge in [-0.1, -0.05) is 40.0 Å². The predicted octanol–water partition coefficient (Wildman–Crippen LogP) is 3.52. The van der Waals surface area contributed by atoms with Crippen molar-refractivity contribution in [1.29, 1.82) is 0 Å². The Hall–Kier alpha value is 0.350. The van der Waals surface area contributed by atoms with Gasteiger partial charge in [0.1, 0.15) is 0 Å². The van der Waals surface area contributed by atoms with Gasteiger partial charge in [0.2, 0.25) is 0 Å². The number of hydrogen-bond acceptors (Lipinski definition) is 1. The smallest absolute Gasteiger partial charge is 0.0104 e. The Bertz CT molecular complexity index is 123. The monoisotopic (exact) mass is 172 g/mol. The highest BCUT2D eigenvalue weighted by atomic mass is 32.1. The van der Waals surface area contributed by atoms with E-state index in [1.54, 1.807) is 0 Å². The Morgan fingerprint density at radius 2 is 1.73 bits per heavy atom. The van der Waals surface area contributed by atoms with Gasteiger partial charge < -0.3 is 0 Å². The molecule has 0 nitrogen and oxygen atoms in total. The molecule has 1 saturated carbocycles. The van der Waals surface area contributed by atoms with E-state index in [-0.39, 0.29) is 4.75 Å².